The zero-order valence-corrected chi connectivity index (χ0v) is 38.5. The maximum atomic E-state index is 5.56. The maximum Gasteiger partial charge on any atom is 0.0742 e. The smallest absolute Gasteiger partial charge is 0.0742 e. The van der Waals surface area contributed by atoms with Crippen LogP contribution < -0.4 is 9.80 Å². The molecular formula is C67H47N3. The third-order valence-corrected chi connectivity index (χ3v) is 14.6. The molecule has 0 bridgehead atoms. The van der Waals surface area contributed by atoms with Crippen LogP contribution in [0.4, 0.5) is 34.1 Å². The van der Waals surface area contributed by atoms with Crippen LogP contribution >= 0.6 is 0 Å². The van der Waals surface area contributed by atoms with Crippen LogP contribution in [0.15, 0.2) is 285 Å². The Morgan fingerprint density at radius 3 is 0.900 bits per heavy atom. The first-order valence-corrected chi connectivity index (χ1v) is 24.1. The van der Waals surface area contributed by atoms with Crippen LogP contribution in [0.2, 0.25) is 0 Å². The summed E-state index contributed by atoms with van der Waals surface area (Å²) in [6, 6.07) is 104. The number of fused-ring (bicyclic) bond motifs is 4. The number of hydrogen-bond acceptors (Lipinski definition) is 3. The fourth-order valence-corrected chi connectivity index (χ4v) is 11.7. The number of pyridine rings is 1. The highest BCUT2D eigenvalue weighted by atomic mass is 15.2. The first-order chi connectivity index (χ1) is 34.7. The van der Waals surface area contributed by atoms with Gasteiger partial charge in [-0.05, 0) is 105 Å². The molecule has 70 heavy (non-hydrogen) atoms. The number of benzene rings is 10. The summed E-state index contributed by atoms with van der Waals surface area (Å²) in [5.41, 5.74) is 19.2. The van der Waals surface area contributed by atoms with Crippen molar-refractivity contribution in [2.45, 2.75) is 10.8 Å². The number of nitrogens with zero attached hydrogens (tertiary/aromatic N) is 3. The van der Waals surface area contributed by atoms with Crippen LogP contribution in [0.5, 0.6) is 0 Å². The normalized spacial score (nSPS) is 13.9. The van der Waals surface area contributed by atoms with E-state index in [0.29, 0.717) is 0 Å². The molecule has 1 aromatic heterocycles. The minimum absolute atomic E-state index is 0.589. The predicted octanol–water partition coefficient (Wildman–Crippen LogP) is 16.7. The van der Waals surface area contributed by atoms with E-state index in [0.717, 1.165) is 56.6 Å². The van der Waals surface area contributed by atoms with E-state index in [2.05, 4.69) is 295 Å². The average Bonchev–Trinajstić information content (AvgIpc) is 3.45. The van der Waals surface area contributed by atoms with Gasteiger partial charge in [0.2, 0.25) is 0 Å². The van der Waals surface area contributed by atoms with E-state index in [9.17, 15) is 0 Å². The molecular weight excluding hydrogens is 847 g/mol. The van der Waals surface area contributed by atoms with Crippen LogP contribution in [0, 0.1) is 0 Å². The molecule has 3 heterocycles. The van der Waals surface area contributed by atoms with Crippen molar-refractivity contribution in [3.63, 3.8) is 0 Å². The van der Waals surface area contributed by atoms with E-state index in [1.165, 1.54) is 44.5 Å². The molecule has 3 nitrogen and oxygen atoms in total. The van der Waals surface area contributed by atoms with Crippen molar-refractivity contribution in [1.82, 2.24) is 4.98 Å². The Bertz CT molecular complexity index is 3330. The summed E-state index contributed by atoms with van der Waals surface area (Å²) < 4.78 is 0. The van der Waals surface area contributed by atoms with Crippen LogP contribution in [-0.2, 0) is 10.8 Å². The Morgan fingerprint density at radius 1 is 0.243 bits per heavy atom. The molecule has 0 unspecified atom stereocenters. The van der Waals surface area contributed by atoms with Gasteiger partial charge in [-0.1, -0.05) is 224 Å². The van der Waals surface area contributed by atoms with Crippen molar-refractivity contribution in [3.05, 3.63) is 330 Å². The Kier molecular flexibility index (Phi) is 9.95. The monoisotopic (exact) mass is 893 g/mol. The van der Waals surface area contributed by atoms with E-state index in [-0.39, 0.29) is 0 Å². The third kappa shape index (κ3) is 6.32. The molecule has 0 radical (unpaired) electrons. The number of aromatic nitrogens is 1. The van der Waals surface area contributed by atoms with Crippen LogP contribution in [0.3, 0.4) is 0 Å². The molecule has 2 aliphatic heterocycles. The lowest BCUT2D eigenvalue weighted by Crippen LogP contribution is -2.37. The Morgan fingerprint density at radius 2 is 0.543 bits per heavy atom. The maximum absolute atomic E-state index is 5.56. The van der Waals surface area contributed by atoms with Gasteiger partial charge in [-0.15, -0.1) is 0 Å². The summed E-state index contributed by atoms with van der Waals surface area (Å²) in [4.78, 5) is 10.4. The minimum atomic E-state index is -0.589. The van der Waals surface area contributed by atoms with E-state index in [4.69, 9.17) is 4.98 Å². The predicted molar refractivity (Wildman–Crippen MR) is 288 cm³/mol. The summed E-state index contributed by atoms with van der Waals surface area (Å²) in [5, 5.41) is 0. The minimum Gasteiger partial charge on any atom is -0.310 e. The van der Waals surface area contributed by atoms with E-state index in [1.54, 1.807) is 0 Å². The molecule has 11 aromatic rings. The second-order valence-corrected chi connectivity index (χ2v) is 18.2. The van der Waals surface area contributed by atoms with Gasteiger partial charge in [-0.2, -0.15) is 0 Å². The lowest BCUT2D eigenvalue weighted by atomic mass is 9.62. The van der Waals surface area contributed by atoms with Crippen molar-refractivity contribution in [3.8, 4) is 22.5 Å². The van der Waals surface area contributed by atoms with Gasteiger partial charge in [0.05, 0.1) is 45.0 Å². The van der Waals surface area contributed by atoms with E-state index >= 15 is 0 Å². The summed E-state index contributed by atoms with van der Waals surface area (Å²) in [5.74, 6) is 0. The molecule has 0 amide bonds. The quantitative estimate of drug-likeness (QED) is 0.151. The zero-order chi connectivity index (χ0) is 46.5. The van der Waals surface area contributed by atoms with Crippen molar-refractivity contribution >= 4 is 34.1 Å². The molecule has 0 atom stereocenters. The molecule has 2 aliphatic rings. The second-order valence-electron chi connectivity index (χ2n) is 18.2. The number of hydrogen-bond donors (Lipinski definition) is 0. The molecule has 0 saturated carbocycles. The second kappa shape index (κ2) is 16.9. The average molecular weight is 894 g/mol. The first-order valence-electron chi connectivity index (χ1n) is 24.1. The molecule has 330 valence electrons. The molecule has 13 rings (SSSR count). The van der Waals surface area contributed by atoms with Crippen LogP contribution in [-0.4, -0.2) is 4.98 Å². The highest BCUT2D eigenvalue weighted by Crippen LogP contribution is 2.60. The molecule has 0 N–H and O–H groups in total. The molecule has 0 fully saturated rings. The first kappa shape index (κ1) is 41.2. The lowest BCUT2D eigenvalue weighted by molar-refractivity contribution is 0.731. The molecule has 10 aromatic carbocycles. The van der Waals surface area contributed by atoms with Crippen molar-refractivity contribution in [1.29, 1.82) is 0 Å². The molecule has 3 heteroatoms. The van der Waals surface area contributed by atoms with Gasteiger partial charge in [0.25, 0.3) is 0 Å². The fourth-order valence-electron chi connectivity index (χ4n) is 11.7. The summed E-state index contributed by atoms with van der Waals surface area (Å²) in [7, 11) is 0. The zero-order valence-electron chi connectivity index (χ0n) is 38.5. The largest absolute Gasteiger partial charge is 0.310 e. The van der Waals surface area contributed by atoms with E-state index in [1.807, 2.05) is 0 Å². The third-order valence-electron chi connectivity index (χ3n) is 14.6. The number of para-hydroxylation sites is 4. The Labute approximate surface area is 409 Å². The molecule has 0 saturated heterocycles. The topological polar surface area (TPSA) is 19.4 Å². The van der Waals surface area contributed by atoms with Crippen molar-refractivity contribution in [2.75, 3.05) is 9.80 Å². The van der Waals surface area contributed by atoms with Gasteiger partial charge in [-0.25, -0.2) is 4.98 Å². The molecule has 0 spiro atoms. The van der Waals surface area contributed by atoms with Gasteiger partial charge in [-0.3, -0.25) is 0 Å². The van der Waals surface area contributed by atoms with E-state index < -0.39 is 10.8 Å². The standard InChI is InChI=1S/C67H47N3/c1-7-24-50(25-8-1)66(51-26-9-2-10-27-51)56-36-19-21-40-62(56)69(54-32-15-5-16-33-54)64-46-48(42-44-58(64)66)60-38-23-39-61(68-60)49-43-45-59-65(47-49)70(55-34-17-6-18-35-55)63-41-22-20-37-57(63)67(59,52-28-11-3-12-29-52)53-30-13-4-14-31-53/h1-47H. The highest BCUT2D eigenvalue weighted by molar-refractivity contribution is 5.93. The van der Waals surface area contributed by atoms with Gasteiger partial charge in [0.15, 0.2) is 0 Å². The SMILES string of the molecule is c1ccc(N2c3ccccc3C(c3ccccc3)(c3ccccc3)c3ccc(-c4cccc(-c5ccc6c(c5)N(c5ccccc5)c5ccccc5C6(c5ccccc5)c5ccccc5)n4)cc32)cc1. The Balaban J connectivity index is 1.01. The van der Waals surface area contributed by atoms with Crippen molar-refractivity contribution < 1.29 is 0 Å². The molecule has 0 aliphatic carbocycles. The lowest BCUT2D eigenvalue weighted by Gasteiger charge is -2.46. The number of rotatable bonds is 8. The summed E-state index contributed by atoms with van der Waals surface area (Å²) in [6.07, 6.45) is 0. The van der Waals surface area contributed by atoms with Gasteiger partial charge in [0.1, 0.15) is 0 Å². The van der Waals surface area contributed by atoms with Gasteiger partial charge in [0, 0.05) is 22.5 Å². The Hall–Kier alpha value is -9.05. The fraction of sp³-hybridized carbons (Fsp3) is 0.0299. The number of anilines is 6. The van der Waals surface area contributed by atoms with Gasteiger partial charge < -0.3 is 9.80 Å². The van der Waals surface area contributed by atoms with Gasteiger partial charge >= 0.3 is 0 Å². The highest BCUT2D eigenvalue weighted by Gasteiger charge is 2.48. The van der Waals surface area contributed by atoms with Crippen LogP contribution in [0.1, 0.15) is 44.5 Å². The van der Waals surface area contributed by atoms with Crippen LogP contribution in [0.25, 0.3) is 22.5 Å². The summed E-state index contributed by atoms with van der Waals surface area (Å²) >= 11 is 0. The summed E-state index contributed by atoms with van der Waals surface area (Å²) in [6.45, 7) is 0. The van der Waals surface area contributed by atoms with Crippen molar-refractivity contribution in [2.24, 2.45) is 0 Å².